The molecule has 1 aromatic heterocycles. The SMILES string of the molecule is CSC(C)(C)CNc1ncc(C(N)=O)cc1Cl. The minimum atomic E-state index is -0.532. The van der Waals surface area contributed by atoms with Crippen molar-refractivity contribution in [3.63, 3.8) is 0 Å². The molecule has 0 spiro atoms. The topological polar surface area (TPSA) is 68.0 Å². The molecule has 0 aliphatic carbocycles. The first-order valence-corrected chi connectivity index (χ1v) is 6.70. The third-order valence-corrected chi connectivity index (χ3v) is 3.90. The predicted octanol–water partition coefficient (Wildman–Crippen LogP) is 2.39. The third-order valence-electron chi connectivity index (χ3n) is 2.36. The van der Waals surface area contributed by atoms with Crippen LogP contribution in [0.3, 0.4) is 0 Å². The van der Waals surface area contributed by atoms with Gasteiger partial charge in [0, 0.05) is 17.5 Å². The molecule has 0 unspecified atom stereocenters. The fourth-order valence-electron chi connectivity index (χ4n) is 1.07. The van der Waals surface area contributed by atoms with Crippen LogP contribution in [0.2, 0.25) is 5.02 Å². The number of carbonyl (C=O) groups excluding carboxylic acids is 1. The standard InChI is InChI=1S/C11H16ClN3OS/c1-11(2,17-3)6-15-10-8(12)4-7(5-14-10)9(13)16/h4-5H,6H2,1-3H3,(H2,13,16)(H,14,15). The van der Waals surface area contributed by atoms with Crippen LogP contribution in [0, 0.1) is 0 Å². The second-order valence-electron chi connectivity index (χ2n) is 4.24. The molecule has 1 heterocycles. The van der Waals surface area contributed by atoms with Gasteiger partial charge in [0.05, 0.1) is 10.6 Å². The van der Waals surface area contributed by atoms with Crippen molar-refractivity contribution in [2.75, 3.05) is 18.1 Å². The van der Waals surface area contributed by atoms with Crippen molar-refractivity contribution < 1.29 is 4.79 Å². The first kappa shape index (κ1) is 14.1. The highest BCUT2D eigenvalue weighted by Gasteiger charge is 2.16. The summed E-state index contributed by atoms with van der Waals surface area (Å²) in [7, 11) is 0. The number of hydrogen-bond donors (Lipinski definition) is 2. The van der Waals surface area contributed by atoms with Crippen LogP contribution in [0.15, 0.2) is 12.3 Å². The summed E-state index contributed by atoms with van der Waals surface area (Å²) >= 11 is 7.76. The summed E-state index contributed by atoms with van der Waals surface area (Å²) in [6.07, 6.45) is 3.47. The van der Waals surface area contributed by atoms with E-state index in [-0.39, 0.29) is 4.75 Å². The van der Waals surface area contributed by atoms with E-state index in [4.69, 9.17) is 17.3 Å². The Morgan fingerprint density at radius 2 is 2.29 bits per heavy atom. The lowest BCUT2D eigenvalue weighted by molar-refractivity contribution is 0.1000. The molecule has 0 bridgehead atoms. The largest absolute Gasteiger partial charge is 0.367 e. The lowest BCUT2D eigenvalue weighted by Gasteiger charge is -2.22. The molecule has 1 aromatic rings. The summed E-state index contributed by atoms with van der Waals surface area (Å²) in [5.41, 5.74) is 5.45. The zero-order valence-corrected chi connectivity index (χ0v) is 11.7. The first-order valence-electron chi connectivity index (χ1n) is 5.10. The van der Waals surface area contributed by atoms with Gasteiger partial charge in [0.15, 0.2) is 0 Å². The molecule has 0 fully saturated rings. The van der Waals surface area contributed by atoms with E-state index < -0.39 is 5.91 Å². The number of rotatable bonds is 5. The van der Waals surface area contributed by atoms with Gasteiger partial charge in [0.2, 0.25) is 5.91 Å². The van der Waals surface area contributed by atoms with Gasteiger partial charge < -0.3 is 11.1 Å². The summed E-state index contributed by atoms with van der Waals surface area (Å²) in [6.45, 7) is 4.98. The average molecular weight is 274 g/mol. The molecule has 17 heavy (non-hydrogen) atoms. The van der Waals surface area contributed by atoms with Crippen LogP contribution in [-0.2, 0) is 0 Å². The Labute approximate surface area is 110 Å². The van der Waals surface area contributed by atoms with E-state index in [1.54, 1.807) is 11.8 Å². The lowest BCUT2D eigenvalue weighted by atomic mass is 10.2. The Morgan fingerprint density at radius 3 is 2.76 bits per heavy atom. The number of pyridine rings is 1. The normalized spacial score (nSPS) is 11.3. The Kier molecular flexibility index (Phi) is 4.65. The first-order chi connectivity index (χ1) is 7.85. The minimum absolute atomic E-state index is 0.0906. The monoisotopic (exact) mass is 273 g/mol. The molecule has 0 radical (unpaired) electrons. The molecule has 0 saturated heterocycles. The maximum absolute atomic E-state index is 10.9. The van der Waals surface area contributed by atoms with Crippen LogP contribution < -0.4 is 11.1 Å². The average Bonchev–Trinajstić information content (AvgIpc) is 2.27. The van der Waals surface area contributed by atoms with Crippen LogP contribution in [0.4, 0.5) is 5.82 Å². The van der Waals surface area contributed by atoms with Crippen LogP contribution in [0.1, 0.15) is 24.2 Å². The highest BCUT2D eigenvalue weighted by Crippen LogP contribution is 2.24. The molecule has 0 aliphatic rings. The number of thioether (sulfide) groups is 1. The van der Waals surface area contributed by atoms with Crippen molar-refractivity contribution in [2.24, 2.45) is 5.73 Å². The quantitative estimate of drug-likeness (QED) is 0.864. The van der Waals surface area contributed by atoms with Gasteiger partial charge >= 0.3 is 0 Å². The molecule has 0 aliphatic heterocycles. The molecule has 3 N–H and O–H groups in total. The van der Waals surface area contributed by atoms with Gasteiger partial charge in [-0.25, -0.2) is 4.98 Å². The van der Waals surface area contributed by atoms with E-state index in [9.17, 15) is 4.79 Å². The molecule has 6 heteroatoms. The second-order valence-corrected chi connectivity index (χ2v) is 6.16. The number of nitrogens with two attached hydrogens (primary N) is 1. The molecule has 0 saturated carbocycles. The van der Waals surface area contributed by atoms with Gasteiger partial charge in [0.1, 0.15) is 5.82 Å². The number of primary amides is 1. The molecular formula is C11H16ClN3OS. The van der Waals surface area contributed by atoms with E-state index in [1.165, 1.54) is 12.3 Å². The molecule has 0 aromatic carbocycles. The molecule has 4 nitrogen and oxygen atoms in total. The summed E-state index contributed by atoms with van der Waals surface area (Å²) < 4.78 is 0.0906. The maximum Gasteiger partial charge on any atom is 0.250 e. The summed E-state index contributed by atoms with van der Waals surface area (Å²) in [6, 6.07) is 1.52. The number of halogens is 1. The van der Waals surface area contributed by atoms with E-state index in [0.29, 0.717) is 16.4 Å². The second kappa shape index (κ2) is 5.60. The van der Waals surface area contributed by atoms with Crippen molar-refractivity contribution >= 4 is 35.1 Å². The van der Waals surface area contributed by atoms with Gasteiger partial charge in [-0.15, -0.1) is 0 Å². The lowest BCUT2D eigenvalue weighted by Crippen LogP contribution is -2.26. The summed E-state index contributed by atoms with van der Waals surface area (Å²) in [5.74, 6) is 0.0363. The maximum atomic E-state index is 10.9. The number of anilines is 1. The van der Waals surface area contributed by atoms with Crippen LogP contribution in [-0.4, -0.2) is 28.4 Å². The smallest absolute Gasteiger partial charge is 0.250 e. The Balaban J connectivity index is 2.77. The van der Waals surface area contributed by atoms with Crippen LogP contribution in [0.25, 0.3) is 0 Å². The van der Waals surface area contributed by atoms with E-state index in [2.05, 4.69) is 24.1 Å². The molecule has 1 amide bonds. The number of hydrogen-bond acceptors (Lipinski definition) is 4. The number of aromatic nitrogens is 1. The van der Waals surface area contributed by atoms with Crippen molar-refractivity contribution in [1.29, 1.82) is 0 Å². The van der Waals surface area contributed by atoms with E-state index >= 15 is 0 Å². The van der Waals surface area contributed by atoms with Crippen LogP contribution in [0.5, 0.6) is 0 Å². The summed E-state index contributed by atoms with van der Waals surface area (Å²) in [5, 5.41) is 3.56. The zero-order chi connectivity index (χ0) is 13.1. The highest BCUT2D eigenvalue weighted by atomic mass is 35.5. The number of nitrogens with one attached hydrogen (secondary N) is 1. The fraction of sp³-hybridized carbons (Fsp3) is 0.455. The third kappa shape index (κ3) is 4.09. The molecule has 0 atom stereocenters. The number of amides is 1. The van der Waals surface area contributed by atoms with Gasteiger partial charge in [-0.05, 0) is 26.2 Å². The Morgan fingerprint density at radius 1 is 1.65 bits per heavy atom. The molecular weight excluding hydrogens is 258 g/mol. The highest BCUT2D eigenvalue weighted by molar-refractivity contribution is 7.99. The summed E-state index contributed by atoms with van der Waals surface area (Å²) in [4.78, 5) is 15.0. The minimum Gasteiger partial charge on any atom is -0.367 e. The van der Waals surface area contributed by atoms with Gasteiger partial charge in [-0.1, -0.05) is 11.6 Å². The Hall–Kier alpha value is -0.940. The van der Waals surface area contributed by atoms with Crippen molar-refractivity contribution in [3.05, 3.63) is 22.8 Å². The van der Waals surface area contributed by atoms with E-state index in [0.717, 1.165) is 6.54 Å². The zero-order valence-electron chi connectivity index (χ0n) is 10.1. The van der Waals surface area contributed by atoms with Gasteiger partial charge in [-0.3, -0.25) is 4.79 Å². The predicted molar refractivity (Wildman–Crippen MR) is 73.8 cm³/mol. The number of nitrogens with zero attached hydrogens (tertiary/aromatic N) is 1. The van der Waals surface area contributed by atoms with Crippen LogP contribution >= 0.6 is 23.4 Å². The van der Waals surface area contributed by atoms with Crippen molar-refractivity contribution in [2.45, 2.75) is 18.6 Å². The molecule has 1 rings (SSSR count). The van der Waals surface area contributed by atoms with Gasteiger partial charge in [-0.2, -0.15) is 11.8 Å². The van der Waals surface area contributed by atoms with Crippen molar-refractivity contribution in [3.8, 4) is 0 Å². The van der Waals surface area contributed by atoms with E-state index in [1.807, 2.05) is 6.26 Å². The number of carbonyl (C=O) groups is 1. The molecule has 94 valence electrons. The van der Waals surface area contributed by atoms with Crippen molar-refractivity contribution in [1.82, 2.24) is 4.98 Å². The van der Waals surface area contributed by atoms with Gasteiger partial charge in [0.25, 0.3) is 0 Å². The fourth-order valence-corrected chi connectivity index (χ4v) is 1.52. The Bertz CT molecular complexity index is 423.